The highest BCUT2D eigenvalue weighted by molar-refractivity contribution is 6.76. The summed E-state index contributed by atoms with van der Waals surface area (Å²) in [4.78, 5) is 17.8. The second-order valence-corrected chi connectivity index (χ2v) is 18.6. The summed E-state index contributed by atoms with van der Waals surface area (Å²) >= 11 is 0. The van der Waals surface area contributed by atoms with Crippen LogP contribution >= 0.6 is 0 Å². The topological polar surface area (TPSA) is 112 Å². The van der Waals surface area contributed by atoms with Crippen molar-refractivity contribution < 1.29 is 32.9 Å². The van der Waals surface area contributed by atoms with E-state index in [-0.39, 0.29) is 23.9 Å². The Morgan fingerprint density at radius 2 is 1.86 bits per heavy atom. The molecule has 0 fully saturated rings. The second-order valence-electron chi connectivity index (χ2n) is 13.0. The molecule has 0 aliphatic heterocycles. The summed E-state index contributed by atoms with van der Waals surface area (Å²) in [5.41, 5.74) is -0.579. The summed E-state index contributed by atoms with van der Waals surface area (Å²) in [6.07, 6.45) is 0.810. The molecule has 12 heteroatoms. The van der Waals surface area contributed by atoms with Gasteiger partial charge in [-0.05, 0) is 76.6 Å². The lowest BCUT2D eigenvalue weighted by Gasteiger charge is -2.28. The average Bonchev–Trinajstić information content (AvgIpc) is 3.47. The molecule has 4 aromatic rings. The zero-order valence-corrected chi connectivity index (χ0v) is 26.8. The number of hydrogen-bond acceptors (Lipinski definition) is 7. The van der Waals surface area contributed by atoms with Crippen LogP contribution in [0.1, 0.15) is 50.2 Å². The Labute approximate surface area is 250 Å². The first-order valence-electron chi connectivity index (χ1n) is 14.0. The van der Waals surface area contributed by atoms with Crippen molar-refractivity contribution in [3.8, 4) is 11.8 Å². The molecule has 0 spiro atoms. The molecule has 0 saturated heterocycles. The third-order valence-electron chi connectivity index (χ3n) is 6.95. The highest BCUT2D eigenvalue weighted by atomic mass is 28.3. The number of hydrogen-bond donors (Lipinski definition) is 1. The van der Waals surface area contributed by atoms with Crippen LogP contribution < -0.4 is 4.74 Å². The number of nitriles is 1. The van der Waals surface area contributed by atoms with Crippen LogP contribution in [0.3, 0.4) is 0 Å². The quantitative estimate of drug-likeness (QED) is 0.158. The molecule has 1 atom stereocenters. The normalized spacial score (nSPS) is 13.8. The van der Waals surface area contributed by atoms with Crippen LogP contribution in [0.4, 0.5) is 13.6 Å². The van der Waals surface area contributed by atoms with E-state index < -0.39 is 32.0 Å². The number of benzene rings is 2. The second kappa shape index (κ2) is 11.7. The summed E-state index contributed by atoms with van der Waals surface area (Å²) in [5.74, 6) is -0.164. The van der Waals surface area contributed by atoms with Gasteiger partial charge in [-0.15, -0.1) is 0 Å². The highest BCUT2D eigenvalue weighted by Gasteiger charge is 2.39. The van der Waals surface area contributed by atoms with Gasteiger partial charge in [-0.3, -0.25) is 4.57 Å². The molecule has 2 aromatic carbocycles. The number of aliphatic hydroxyl groups is 1. The molecule has 4 rings (SSSR count). The minimum Gasteiger partial charge on any atom is -0.443 e. The fourth-order valence-corrected chi connectivity index (χ4v) is 5.76. The fraction of sp³-hybridized carbons (Fsp3) is 0.452. The van der Waals surface area contributed by atoms with Crippen LogP contribution in [0.2, 0.25) is 25.7 Å². The standard InChI is InChI=1S/C31H38F2N4O5Si/c1-19-15-24(41-28(32)33)25(21-11-12-36(26(19)21)29(38)42-30(2,3)4)31(5,39)27-35-22-10-9-20(17-34)16-23(22)37(27)18-40-13-14-43(6,7)8/h9-12,15-16,28,39H,13-14,18H2,1-8H3. The van der Waals surface area contributed by atoms with Crippen molar-refractivity contribution in [2.75, 3.05) is 6.61 Å². The minimum absolute atomic E-state index is 0.000305. The Bertz CT molecular complexity index is 1710. The molecule has 2 aromatic heterocycles. The molecule has 1 unspecified atom stereocenters. The predicted octanol–water partition coefficient (Wildman–Crippen LogP) is 7.12. The first kappa shape index (κ1) is 32.1. The number of aryl methyl sites for hydroxylation is 1. The van der Waals surface area contributed by atoms with Crippen molar-refractivity contribution in [1.29, 1.82) is 5.26 Å². The van der Waals surface area contributed by atoms with Crippen LogP contribution in [0.25, 0.3) is 21.9 Å². The molecular formula is C31H38F2N4O5Si. The van der Waals surface area contributed by atoms with Crippen molar-refractivity contribution in [3.63, 3.8) is 0 Å². The van der Waals surface area contributed by atoms with Crippen molar-refractivity contribution >= 4 is 36.1 Å². The average molecular weight is 613 g/mol. The van der Waals surface area contributed by atoms with Crippen LogP contribution in [-0.2, 0) is 21.8 Å². The number of ether oxygens (including phenoxy) is 3. The molecule has 230 valence electrons. The maximum atomic E-state index is 13.7. The van der Waals surface area contributed by atoms with E-state index >= 15 is 0 Å². The summed E-state index contributed by atoms with van der Waals surface area (Å²) in [5, 5.41) is 22.2. The molecule has 0 bridgehead atoms. The number of carbonyl (C=O) groups excluding carboxylic acids is 1. The number of nitrogens with zero attached hydrogens (tertiary/aromatic N) is 4. The lowest BCUT2D eigenvalue weighted by molar-refractivity contribution is -0.0528. The monoisotopic (exact) mass is 612 g/mol. The predicted molar refractivity (Wildman–Crippen MR) is 162 cm³/mol. The van der Waals surface area contributed by atoms with Crippen molar-refractivity contribution in [3.05, 3.63) is 59.0 Å². The number of carbonyl (C=O) groups is 1. The Hall–Kier alpha value is -3.79. The summed E-state index contributed by atoms with van der Waals surface area (Å²) in [6.45, 7) is 12.3. The molecule has 43 heavy (non-hydrogen) atoms. The molecule has 9 nitrogen and oxygen atoms in total. The first-order chi connectivity index (χ1) is 19.9. The summed E-state index contributed by atoms with van der Waals surface area (Å²) in [7, 11) is -1.40. The van der Waals surface area contributed by atoms with E-state index in [0.29, 0.717) is 39.7 Å². The van der Waals surface area contributed by atoms with Crippen molar-refractivity contribution in [2.24, 2.45) is 0 Å². The zero-order chi connectivity index (χ0) is 31.9. The summed E-state index contributed by atoms with van der Waals surface area (Å²) in [6, 6.07) is 10.8. The Balaban J connectivity index is 1.95. The number of alkyl halides is 2. The maximum absolute atomic E-state index is 13.7. The summed E-state index contributed by atoms with van der Waals surface area (Å²) < 4.78 is 46.9. The fourth-order valence-electron chi connectivity index (χ4n) is 5.00. The third-order valence-corrected chi connectivity index (χ3v) is 8.65. The van der Waals surface area contributed by atoms with E-state index in [9.17, 15) is 23.9 Å². The highest BCUT2D eigenvalue weighted by Crippen LogP contribution is 2.43. The van der Waals surface area contributed by atoms with E-state index in [0.717, 1.165) is 6.04 Å². The van der Waals surface area contributed by atoms with Gasteiger partial charge in [-0.2, -0.15) is 14.0 Å². The van der Waals surface area contributed by atoms with E-state index in [4.69, 9.17) is 19.2 Å². The smallest absolute Gasteiger partial charge is 0.419 e. The Morgan fingerprint density at radius 3 is 2.47 bits per heavy atom. The molecule has 0 aliphatic carbocycles. The van der Waals surface area contributed by atoms with Gasteiger partial charge in [0.05, 0.1) is 28.2 Å². The number of halogens is 2. The van der Waals surface area contributed by atoms with Crippen molar-refractivity contribution in [1.82, 2.24) is 14.1 Å². The van der Waals surface area contributed by atoms with Crippen LogP contribution in [0.5, 0.6) is 5.75 Å². The van der Waals surface area contributed by atoms with Gasteiger partial charge in [0.15, 0.2) is 0 Å². The maximum Gasteiger partial charge on any atom is 0.419 e. The lowest BCUT2D eigenvalue weighted by Crippen LogP contribution is -2.30. The van der Waals surface area contributed by atoms with Crippen molar-refractivity contribution in [2.45, 2.75) is 84.8 Å². The molecule has 0 radical (unpaired) electrons. The lowest BCUT2D eigenvalue weighted by atomic mass is 9.89. The number of rotatable bonds is 9. The van der Waals surface area contributed by atoms with Gasteiger partial charge in [0.2, 0.25) is 0 Å². The number of aromatic nitrogens is 3. The van der Waals surface area contributed by atoms with Gasteiger partial charge < -0.3 is 23.9 Å². The zero-order valence-electron chi connectivity index (χ0n) is 25.8. The van der Waals surface area contributed by atoms with E-state index in [1.165, 1.54) is 23.8 Å². The van der Waals surface area contributed by atoms with Crippen LogP contribution in [-0.4, -0.2) is 52.2 Å². The molecule has 0 saturated carbocycles. The molecule has 0 aliphatic rings. The Kier molecular flexibility index (Phi) is 8.75. The van der Waals surface area contributed by atoms with Crippen LogP contribution in [0.15, 0.2) is 36.5 Å². The Morgan fingerprint density at radius 1 is 1.16 bits per heavy atom. The number of imidazole rings is 1. The number of fused-ring (bicyclic) bond motifs is 2. The largest absolute Gasteiger partial charge is 0.443 e. The van der Waals surface area contributed by atoms with E-state index in [1.54, 1.807) is 56.5 Å². The third kappa shape index (κ3) is 6.90. The van der Waals surface area contributed by atoms with Gasteiger partial charge in [0.1, 0.15) is 29.5 Å². The molecular weight excluding hydrogens is 574 g/mol. The van der Waals surface area contributed by atoms with Gasteiger partial charge >= 0.3 is 12.7 Å². The molecule has 1 N–H and O–H groups in total. The van der Waals surface area contributed by atoms with Gasteiger partial charge in [-0.25, -0.2) is 9.78 Å². The van der Waals surface area contributed by atoms with Crippen LogP contribution in [0, 0.1) is 18.3 Å². The molecule has 2 heterocycles. The minimum atomic E-state index is -3.18. The van der Waals surface area contributed by atoms with Gasteiger partial charge in [0.25, 0.3) is 0 Å². The van der Waals surface area contributed by atoms with Gasteiger partial charge in [-0.1, -0.05) is 19.6 Å². The van der Waals surface area contributed by atoms with Gasteiger partial charge in [0, 0.05) is 31.8 Å². The SMILES string of the molecule is Cc1cc(OC(F)F)c(C(C)(O)c2nc3ccc(C#N)cc3n2COCC[Si](C)(C)C)c2ccn(C(=O)OC(C)(C)C)c12. The van der Waals surface area contributed by atoms with E-state index in [1.807, 2.05) is 0 Å². The first-order valence-corrected chi connectivity index (χ1v) is 17.7. The van der Waals surface area contributed by atoms with E-state index in [2.05, 4.69) is 25.7 Å². The molecule has 0 amide bonds.